The fraction of sp³-hybridized carbons (Fsp3) is 0.417. The number of nitrogens with one attached hydrogen (secondary N) is 1. The summed E-state index contributed by atoms with van der Waals surface area (Å²) < 4.78 is 0.865. The molecule has 4 heteroatoms. The number of benzene rings is 1. The van der Waals surface area contributed by atoms with Crippen LogP contribution in [0.1, 0.15) is 24.2 Å². The number of halogens is 1. The molecule has 0 aliphatic rings. The Labute approximate surface area is 104 Å². The first kappa shape index (κ1) is 13.2. The topological polar surface area (TPSA) is 49.3 Å². The summed E-state index contributed by atoms with van der Waals surface area (Å²) >= 11 is 3.30. The van der Waals surface area contributed by atoms with Gasteiger partial charge in [-0.05, 0) is 24.1 Å². The lowest BCUT2D eigenvalue weighted by molar-refractivity contribution is 0.0871. The van der Waals surface area contributed by atoms with Gasteiger partial charge in [-0.2, -0.15) is 0 Å². The van der Waals surface area contributed by atoms with E-state index in [1.54, 1.807) is 18.2 Å². The number of amides is 1. The van der Waals surface area contributed by atoms with Crippen molar-refractivity contribution < 1.29 is 9.90 Å². The molecule has 1 aromatic carbocycles. The van der Waals surface area contributed by atoms with Gasteiger partial charge in [0.15, 0.2) is 0 Å². The van der Waals surface area contributed by atoms with Gasteiger partial charge in [0.05, 0.1) is 6.10 Å². The minimum atomic E-state index is -0.504. The minimum absolute atomic E-state index is 0.141. The zero-order valence-electron chi connectivity index (χ0n) is 9.40. The van der Waals surface area contributed by atoms with E-state index in [1.165, 1.54) is 0 Å². The maximum Gasteiger partial charge on any atom is 0.251 e. The molecular formula is C12H16BrNO2. The molecule has 3 nitrogen and oxygen atoms in total. The van der Waals surface area contributed by atoms with E-state index >= 15 is 0 Å². The summed E-state index contributed by atoms with van der Waals surface area (Å²) in [5.74, 6) is -0.0243. The van der Waals surface area contributed by atoms with Gasteiger partial charge in [0.25, 0.3) is 5.91 Å². The van der Waals surface area contributed by atoms with Crippen LogP contribution in [0, 0.1) is 5.92 Å². The van der Waals surface area contributed by atoms with Crippen LogP contribution in [0.2, 0.25) is 0 Å². The van der Waals surface area contributed by atoms with Crippen molar-refractivity contribution in [3.8, 4) is 0 Å². The Balaban J connectivity index is 2.53. The van der Waals surface area contributed by atoms with Crippen LogP contribution in [0.3, 0.4) is 0 Å². The first-order chi connectivity index (χ1) is 7.50. The van der Waals surface area contributed by atoms with Crippen molar-refractivity contribution >= 4 is 21.8 Å². The van der Waals surface area contributed by atoms with Crippen LogP contribution in [-0.2, 0) is 0 Å². The van der Waals surface area contributed by atoms with Crippen LogP contribution in [0.15, 0.2) is 28.7 Å². The molecule has 0 spiro atoms. The first-order valence-corrected chi connectivity index (χ1v) is 6.02. The molecule has 0 saturated carbocycles. The molecule has 1 atom stereocenters. The van der Waals surface area contributed by atoms with Crippen LogP contribution in [0.25, 0.3) is 0 Å². The highest BCUT2D eigenvalue weighted by Gasteiger charge is 2.11. The summed E-state index contributed by atoms with van der Waals surface area (Å²) in [7, 11) is 0. The maximum atomic E-state index is 11.7. The van der Waals surface area contributed by atoms with Gasteiger partial charge in [0, 0.05) is 16.6 Å². The van der Waals surface area contributed by atoms with Crippen LogP contribution in [0.4, 0.5) is 0 Å². The summed E-state index contributed by atoms with van der Waals surface area (Å²) in [6, 6.07) is 7.15. The number of aliphatic hydroxyl groups excluding tert-OH is 1. The third kappa shape index (κ3) is 3.94. The third-order valence-electron chi connectivity index (χ3n) is 2.33. The monoisotopic (exact) mass is 285 g/mol. The Morgan fingerprint density at radius 1 is 1.50 bits per heavy atom. The lowest BCUT2D eigenvalue weighted by Gasteiger charge is -2.15. The summed E-state index contributed by atoms with van der Waals surface area (Å²) in [5, 5.41) is 12.3. The molecule has 1 amide bonds. The van der Waals surface area contributed by atoms with Gasteiger partial charge < -0.3 is 10.4 Å². The molecule has 1 rings (SSSR count). The predicted molar refractivity (Wildman–Crippen MR) is 67.3 cm³/mol. The number of rotatable bonds is 4. The van der Waals surface area contributed by atoms with Crippen molar-refractivity contribution in [2.75, 3.05) is 6.54 Å². The van der Waals surface area contributed by atoms with Crippen LogP contribution in [-0.4, -0.2) is 23.7 Å². The Hall–Kier alpha value is -0.870. The normalized spacial score (nSPS) is 12.6. The fourth-order valence-corrected chi connectivity index (χ4v) is 1.56. The second kappa shape index (κ2) is 6.01. The molecule has 0 fully saturated rings. The van der Waals surface area contributed by atoms with Gasteiger partial charge >= 0.3 is 0 Å². The van der Waals surface area contributed by atoms with Crippen molar-refractivity contribution in [2.45, 2.75) is 20.0 Å². The summed E-state index contributed by atoms with van der Waals surface area (Å²) in [5.41, 5.74) is 0.588. The van der Waals surface area contributed by atoms with E-state index in [4.69, 9.17) is 0 Å². The molecular weight excluding hydrogens is 270 g/mol. The molecule has 1 unspecified atom stereocenters. The maximum absolute atomic E-state index is 11.7. The summed E-state index contributed by atoms with van der Waals surface area (Å²) in [6.45, 7) is 4.11. The smallest absolute Gasteiger partial charge is 0.251 e. The Morgan fingerprint density at radius 2 is 2.19 bits per heavy atom. The highest BCUT2D eigenvalue weighted by molar-refractivity contribution is 9.10. The van der Waals surface area contributed by atoms with E-state index in [-0.39, 0.29) is 18.4 Å². The molecule has 0 aliphatic carbocycles. The standard InChI is InChI=1S/C12H16BrNO2/c1-8(2)11(15)7-14-12(16)9-4-3-5-10(13)6-9/h3-6,8,11,15H,7H2,1-2H3,(H,14,16). The predicted octanol–water partition coefficient (Wildman–Crippen LogP) is 2.20. The van der Waals surface area contributed by atoms with E-state index in [0.29, 0.717) is 5.56 Å². The lowest BCUT2D eigenvalue weighted by atomic mass is 10.1. The molecule has 1 aromatic rings. The van der Waals surface area contributed by atoms with E-state index in [9.17, 15) is 9.90 Å². The first-order valence-electron chi connectivity index (χ1n) is 5.22. The van der Waals surface area contributed by atoms with Crippen LogP contribution in [0.5, 0.6) is 0 Å². The zero-order valence-corrected chi connectivity index (χ0v) is 11.0. The average Bonchev–Trinajstić information content (AvgIpc) is 2.25. The van der Waals surface area contributed by atoms with E-state index in [2.05, 4.69) is 21.2 Å². The molecule has 0 aromatic heterocycles. The number of hydrogen-bond acceptors (Lipinski definition) is 2. The summed E-state index contributed by atoms with van der Waals surface area (Å²) in [6.07, 6.45) is -0.504. The quantitative estimate of drug-likeness (QED) is 0.891. The number of carbonyl (C=O) groups excluding carboxylic acids is 1. The van der Waals surface area contributed by atoms with Gasteiger partial charge in [-0.15, -0.1) is 0 Å². The third-order valence-corrected chi connectivity index (χ3v) is 2.82. The molecule has 0 aliphatic heterocycles. The van der Waals surface area contributed by atoms with Gasteiger partial charge in [0.2, 0.25) is 0 Å². The molecule has 0 heterocycles. The molecule has 16 heavy (non-hydrogen) atoms. The van der Waals surface area contributed by atoms with Crippen molar-refractivity contribution in [1.82, 2.24) is 5.32 Å². The van der Waals surface area contributed by atoms with Crippen molar-refractivity contribution in [1.29, 1.82) is 0 Å². The molecule has 0 bridgehead atoms. The Bertz CT molecular complexity index is 366. The van der Waals surface area contributed by atoms with Gasteiger partial charge in [0.1, 0.15) is 0 Å². The summed E-state index contributed by atoms with van der Waals surface area (Å²) in [4.78, 5) is 11.7. The lowest BCUT2D eigenvalue weighted by Crippen LogP contribution is -2.34. The van der Waals surface area contributed by atoms with Crippen LogP contribution < -0.4 is 5.32 Å². The van der Waals surface area contributed by atoms with E-state index < -0.39 is 6.10 Å². The van der Waals surface area contributed by atoms with Crippen molar-refractivity contribution in [3.63, 3.8) is 0 Å². The highest BCUT2D eigenvalue weighted by atomic mass is 79.9. The molecule has 88 valence electrons. The fourth-order valence-electron chi connectivity index (χ4n) is 1.16. The molecule has 0 saturated heterocycles. The van der Waals surface area contributed by atoms with E-state index in [1.807, 2.05) is 19.9 Å². The van der Waals surface area contributed by atoms with Crippen molar-refractivity contribution in [3.05, 3.63) is 34.3 Å². The SMILES string of the molecule is CC(C)C(O)CNC(=O)c1cccc(Br)c1. The van der Waals surface area contributed by atoms with Gasteiger partial charge in [-0.25, -0.2) is 0 Å². The Morgan fingerprint density at radius 3 is 2.75 bits per heavy atom. The van der Waals surface area contributed by atoms with E-state index in [0.717, 1.165) is 4.47 Å². The largest absolute Gasteiger partial charge is 0.391 e. The number of aliphatic hydroxyl groups is 1. The highest BCUT2D eigenvalue weighted by Crippen LogP contribution is 2.11. The average molecular weight is 286 g/mol. The Kier molecular flexibility index (Phi) is 4.96. The zero-order chi connectivity index (χ0) is 12.1. The second-order valence-corrected chi connectivity index (χ2v) is 4.95. The van der Waals surface area contributed by atoms with Gasteiger partial charge in [-0.3, -0.25) is 4.79 Å². The molecule has 0 radical (unpaired) electrons. The van der Waals surface area contributed by atoms with Crippen LogP contribution >= 0.6 is 15.9 Å². The van der Waals surface area contributed by atoms with Crippen molar-refractivity contribution in [2.24, 2.45) is 5.92 Å². The van der Waals surface area contributed by atoms with Gasteiger partial charge in [-0.1, -0.05) is 35.8 Å². The molecule has 2 N–H and O–H groups in total. The number of hydrogen-bond donors (Lipinski definition) is 2. The minimum Gasteiger partial charge on any atom is -0.391 e. The second-order valence-electron chi connectivity index (χ2n) is 4.03. The number of carbonyl (C=O) groups is 1.